The van der Waals surface area contributed by atoms with E-state index >= 15 is 0 Å². The zero-order valence-electron chi connectivity index (χ0n) is 18.7. The quantitative estimate of drug-likeness (QED) is 0.535. The van der Waals surface area contributed by atoms with Crippen molar-refractivity contribution in [3.63, 3.8) is 0 Å². The maximum atomic E-state index is 13.2. The van der Waals surface area contributed by atoms with Gasteiger partial charge in [0.1, 0.15) is 0 Å². The van der Waals surface area contributed by atoms with Gasteiger partial charge in [-0.3, -0.25) is 13.9 Å². The van der Waals surface area contributed by atoms with Crippen LogP contribution in [0.5, 0.6) is 0 Å². The van der Waals surface area contributed by atoms with E-state index in [0.29, 0.717) is 36.8 Å². The molecule has 0 aliphatic heterocycles. The third kappa shape index (κ3) is 5.51. The molecule has 1 unspecified atom stereocenters. The number of imidazole rings is 1. The van der Waals surface area contributed by atoms with Gasteiger partial charge in [-0.25, -0.2) is 9.78 Å². The summed E-state index contributed by atoms with van der Waals surface area (Å²) in [6.45, 7) is 9.43. The lowest BCUT2D eigenvalue weighted by Gasteiger charge is -2.17. The van der Waals surface area contributed by atoms with Crippen LogP contribution in [0.15, 0.2) is 46.2 Å². The molecule has 0 fully saturated rings. The van der Waals surface area contributed by atoms with Crippen molar-refractivity contribution in [2.75, 3.05) is 6.61 Å². The molecular weight excluding hydrogens is 396 g/mol. The summed E-state index contributed by atoms with van der Waals surface area (Å²) in [7, 11) is 0. The maximum Gasteiger partial charge on any atom is 0.332 e. The Balaban J connectivity index is 1.89. The van der Waals surface area contributed by atoms with Gasteiger partial charge in [0.25, 0.3) is 5.56 Å². The number of aromatic nitrogens is 4. The summed E-state index contributed by atoms with van der Waals surface area (Å²) >= 11 is 0. The Morgan fingerprint density at radius 1 is 0.968 bits per heavy atom. The fraction of sp³-hybridized carbons (Fsp3) is 0.522. The molecule has 3 aromatic rings. The normalized spacial score (nSPS) is 12.9. The van der Waals surface area contributed by atoms with E-state index in [1.165, 1.54) is 4.57 Å². The van der Waals surface area contributed by atoms with E-state index in [9.17, 15) is 14.7 Å². The second-order valence-electron chi connectivity index (χ2n) is 8.82. The van der Waals surface area contributed by atoms with Gasteiger partial charge in [-0.1, -0.05) is 58.0 Å². The molecule has 0 aliphatic carbocycles. The average molecular weight is 429 g/mol. The molecule has 2 heterocycles. The van der Waals surface area contributed by atoms with Crippen molar-refractivity contribution in [2.45, 2.75) is 60.0 Å². The number of hydrogen-bond acceptors (Lipinski definition) is 5. The first kappa shape index (κ1) is 23.0. The highest BCUT2D eigenvalue weighted by molar-refractivity contribution is 5.70. The highest BCUT2D eigenvalue weighted by Crippen LogP contribution is 2.11. The summed E-state index contributed by atoms with van der Waals surface area (Å²) in [6.07, 6.45) is 0.632. The molecule has 0 aliphatic rings. The van der Waals surface area contributed by atoms with E-state index in [0.717, 1.165) is 10.1 Å². The van der Waals surface area contributed by atoms with Crippen LogP contribution in [0, 0.1) is 11.8 Å². The lowest BCUT2D eigenvalue weighted by Crippen LogP contribution is -2.44. The molecule has 0 bridgehead atoms. The minimum Gasteiger partial charge on any atom is -0.389 e. The second-order valence-corrected chi connectivity index (χ2v) is 8.82. The highest BCUT2D eigenvalue weighted by atomic mass is 16.5. The summed E-state index contributed by atoms with van der Waals surface area (Å²) in [4.78, 5) is 30.7. The number of aliphatic hydroxyl groups excluding tert-OH is 1. The Labute approximate surface area is 181 Å². The number of nitrogens with zero attached hydrogens (tertiary/aromatic N) is 4. The van der Waals surface area contributed by atoms with Crippen LogP contribution in [0.25, 0.3) is 11.2 Å². The van der Waals surface area contributed by atoms with Crippen molar-refractivity contribution < 1.29 is 9.84 Å². The first-order chi connectivity index (χ1) is 14.8. The van der Waals surface area contributed by atoms with Gasteiger partial charge < -0.3 is 14.4 Å². The number of ether oxygens (including phenoxy) is 1. The molecule has 1 atom stereocenters. The molecule has 168 valence electrons. The molecule has 8 heteroatoms. The van der Waals surface area contributed by atoms with E-state index in [4.69, 9.17) is 4.74 Å². The first-order valence-corrected chi connectivity index (χ1v) is 10.8. The highest BCUT2D eigenvalue weighted by Gasteiger charge is 2.20. The number of benzene rings is 1. The van der Waals surface area contributed by atoms with E-state index in [2.05, 4.69) is 18.8 Å². The van der Waals surface area contributed by atoms with Crippen LogP contribution < -0.4 is 11.2 Å². The van der Waals surface area contributed by atoms with Crippen molar-refractivity contribution in [2.24, 2.45) is 11.8 Å². The summed E-state index contributed by atoms with van der Waals surface area (Å²) < 4.78 is 10.0. The van der Waals surface area contributed by atoms with Crippen LogP contribution in [0.1, 0.15) is 33.3 Å². The van der Waals surface area contributed by atoms with Gasteiger partial charge in [0.2, 0.25) is 0 Å². The Kier molecular flexibility index (Phi) is 7.46. The van der Waals surface area contributed by atoms with Gasteiger partial charge in [-0.15, -0.1) is 0 Å². The molecular formula is C23H32N4O4. The smallest absolute Gasteiger partial charge is 0.332 e. The Morgan fingerprint density at radius 3 is 2.29 bits per heavy atom. The summed E-state index contributed by atoms with van der Waals surface area (Å²) in [5, 5.41) is 10.5. The number of rotatable bonds is 10. The molecule has 8 nitrogen and oxygen atoms in total. The first-order valence-electron chi connectivity index (χ1n) is 10.8. The van der Waals surface area contributed by atoms with Crippen LogP contribution in [0.4, 0.5) is 0 Å². The molecule has 0 radical (unpaired) electrons. The van der Waals surface area contributed by atoms with Crippen molar-refractivity contribution in [1.29, 1.82) is 0 Å². The van der Waals surface area contributed by atoms with Gasteiger partial charge in [0.15, 0.2) is 11.2 Å². The number of hydrogen-bond donors (Lipinski definition) is 1. The molecule has 0 saturated heterocycles. The zero-order chi connectivity index (χ0) is 22.5. The van der Waals surface area contributed by atoms with Crippen LogP contribution in [0.2, 0.25) is 0 Å². The Hall–Kier alpha value is -2.71. The molecule has 2 aromatic heterocycles. The zero-order valence-corrected chi connectivity index (χ0v) is 18.7. The van der Waals surface area contributed by atoms with E-state index < -0.39 is 17.4 Å². The minimum absolute atomic E-state index is 0.0221. The fourth-order valence-corrected chi connectivity index (χ4v) is 3.61. The number of aliphatic hydroxyl groups is 1. The predicted octanol–water partition coefficient (Wildman–Crippen LogP) is 2.25. The molecule has 1 aromatic carbocycles. The molecule has 0 spiro atoms. The van der Waals surface area contributed by atoms with Crippen LogP contribution in [0.3, 0.4) is 0 Å². The summed E-state index contributed by atoms with van der Waals surface area (Å²) in [5.74, 6) is 0.508. The average Bonchev–Trinajstić information content (AvgIpc) is 3.12. The SMILES string of the molecule is CC(C)Cn1cnc2c1c(=O)n(CC(O)COCc1ccccc1)c(=O)n2CC(C)C. The topological polar surface area (TPSA) is 91.3 Å². The Morgan fingerprint density at radius 2 is 1.65 bits per heavy atom. The lowest BCUT2D eigenvalue weighted by molar-refractivity contribution is 0.0192. The third-order valence-corrected chi connectivity index (χ3v) is 4.91. The standard InChI is InChI=1S/C23H32N4O4/c1-16(2)10-25-15-24-21-20(25)22(29)27(23(30)26(21)11-17(3)4)12-19(28)14-31-13-18-8-6-5-7-9-18/h5-9,15-17,19,28H,10-14H2,1-4H3. The van der Waals surface area contributed by atoms with Gasteiger partial charge in [-0.2, -0.15) is 0 Å². The van der Waals surface area contributed by atoms with E-state index in [-0.39, 0.29) is 19.1 Å². The van der Waals surface area contributed by atoms with Crippen molar-refractivity contribution in [3.8, 4) is 0 Å². The minimum atomic E-state index is -0.986. The van der Waals surface area contributed by atoms with Gasteiger partial charge in [0, 0.05) is 13.1 Å². The van der Waals surface area contributed by atoms with Crippen molar-refractivity contribution in [1.82, 2.24) is 18.7 Å². The van der Waals surface area contributed by atoms with Crippen LogP contribution >= 0.6 is 0 Å². The largest absolute Gasteiger partial charge is 0.389 e. The predicted molar refractivity (Wildman–Crippen MR) is 120 cm³/mol. The summed E-state index contributed by atoms with van der Waals surface area (Å²) in [6, 6.07) is 9.63. The maximum absolute atomic E-state index is 13.2. The van der Waals surface area contributed by atoms with E-state index in [1.54, 1.807) is 10.9 Å². The molecule has 1 N–H and O–H groups in total. The lowest BCUT2D eigenvalue weighted by atomic mass is 10.2. The molecule has 31 heavy (non-hydrogen) atoms. The van der Waals surface area contributed by atoms with Crippen molar-refractivity contribution >= 4 is 11.2 Å². The third-order valence-electron chi connectivity index (χ3n) is 4.91. The molecule has 0 saturated carbocycles. The summed E-state index contributed by atoms with van der Waals surface area (Å²) in [5.41, 5.74) is 0.898. The Bertz CT molecular complexity index is 1110. The van der Waals surface area contributed by atoms with Crippen LogP contribution in [-0.4, -0.2) is 36.5 Å². The fourth-order valence-electron chi connectivity index (χ4n) is 3.61. The second kappa shape index (κ2) is 10.1. The molecule has 0 amide bonds. The monoisotopic (exact) mass is 428 g/mol. The van der Waals surface area contributed by atoms with Gasteiger partial charge in [0.05, 0.1) is 32.2 Å². The van der Waals surface area contributed by atoms with Crippen molar-refractivity contribution in [3.05, 3.63) is 63.1 Å². The van der Waals surface area contributed by atoms with E-state index in [1.807, 2.05) is 44.2 Å². The van der Waals surface area contributed by atoms with Crippen LogP contribution in [-0.2, 0) is 31.0 Å². The van der Waals surface area contributed by atoms with Gasteiger partial charge >= 0.3 is 5.69 Å². The van der Waals surface area contributed by atoms with Gasteiger partial charge in [-0.05, 0) is 17.4 Å². The number of fused-ring (bicyclic) bond motifs is 1. The molecule has 3 rings (SSSR count).